The van der Waals surface area contributed by atoms with Crippen molar-refractivity contribution in [2.45, 2.75) is 27.7 Å². The molecule has 29 heavy (non-hydrogen) atoms. The van der Waals surface area contributed by atoms with E-state index >= 15 is 0 Å². The Bertz CT molecular complexity index is 827. The Labute approximate surface area is 169 Å². The molecule has 8 nitrogen and oxygen atoms in total. The number of benzene rings is 2. The van der Waals surface area contributed by atoms with E-state index in [1.807, 2.05) is 0 Å². The van der Waals surface area contributed by atoms with Gasteiger partial charge < -0.3 is 29.5 Å². The molecule has 2 rings (SSSR count). The van der Waals surface area contributed by atoms with E-state index in [1.54, 1.807) is 33.8 Å². The second kappa shape index (κ2) is 10.8. The molecule has 2 aromatic rings. The van der Waals surface area contributed by atoms with Crippen molar-refractivity contribution in [1.82, 2.24) is 0 Å². The molecule has 2 aromatic carbocycles. The first-order chi connectivity index (χ1) is 13.7. The predicted molar refractivity (Wildman–Crippen MR) is 106 cm³/mol. The quantitative estimate of drug-likeness (QED) is 0.645. The van der Waals surface area contributed by atoms with Crippen molar-refractivity contribution in [2.75, 3.05) is 20.3 Å². The number of aryl methyl sites for hydroxylation is 2. The van der Waals surface area contributed by atoms with Crippen molar-refractivity contribution in [3.63, 3.8) is 0 Å². The van der Waals surface area contributed by atoms with Crippen molar-refractivity contribution in [3.8, 4) is 23.0 Å². The SMILES string of the molecule is CCOC(=O)c1c(C)cc(O)cc1O.CCOC(=O)c1c(C)cc(OC)cc1O. The monoisotopic (exact) mass is 406 g/mol. The van der Waals surface area contributed by atoms with Crippen LogP contribution in [-0.4, -0.2) is 47.6 Å². The minimum atomic E-state index is -0.581. The zero-order valence-electron chi connectivity index (χ0n) is 17.1. The van der Waals surface area contributed by atoms with Crippen LogP contribution in [0, 0.1) is 13.8 Å². The first kappa shape index (κ1) is 23.6. The Kier molecular flexibility index (Phi) is 8.79. The molecule has 0 aliphatic carbocycles. The number of hydrogen-bond acceptors (Lipinski definition) is 8. The van der Waals surface area contributed by atoms with Gasteiger partial charge in [0.1, 0.15) is 34.1 Å². The first-order valence-corrected chi connectivity index (χ1v) is 8.90. The third kappa shape index (κ3) is 6.31. The molecule has 0 amide bonds. The van der Waals surface area contributed by atoms with Gasteiger partial charge in [-0.3, -0.25) is 0 Å². The lowest BCUT2D eigenvalue weighted by molar-refractivity contribution is 0.0512. The molecule has 0 atom stereocenters. The van der Waals surface area contributed by atoms with Crippen LogP contribution in [0.15, 0.2) is 24.3 Å². The van der Waals surface area contributed by atoms with Gasteiger partial charge in [-0.05, 0) is 51.0 Å². The molecule has 158 valence electrons. The molecular formula is C21H26O8. The van der Waals surface area contributed by atoms with E-state index in [4.69, 9.17) is 19.3 Å². The van der Waals surface area contributed by atoms with E-state index in [2.05, 4.69) is 0 Å². The lowest BCUT2D eigenvalue weighted by Gasteiger charge is -2.09. The van der Waals surface area contributed by atoms with Crippen molar-refractivity contribution >= 4 is 11.9 Å². The minimum absolute atomic E-state index is 0.0759. The molecule has 0 saturated carbocycles. The number of carbonyl (C=O) groups excluding carboxylic acids is 2. The number of rotatable bonds is 5. The van der Waals surface area contributed by atoms with Gasteiger partial charge in [0, 0.05) is 12.1 Å². The number of ether oxygens (including phenoxy) is 3. The molecule has 0 fully saturated rings. The molecule has 0 saturated heterocycles. The highest BCUT2D eigenvalue weighted by molar-refractivity contribution is 5.94. The van der Waals surface area contributed by atoms with Gasteiger partial charge in [-0.15, -0.1) is 0 Å². The summed E-state index contributed by atoms with van der Waals surface area (Å²) in [5.41, 5.74) is 1.41. The summed E-state index contributed by atoms with van der Waals surface area (Å²) in [4.78, 5) is 22.8. The minimum Gasteiger partial charge on any atom is -0.508 e. The summed E-state index contributed by atoms with van der Waals surface area (Å²) in [6, 6.07) is 5.57. The van der Waals surface area contributed by atoms with Gasteiger partial charge in [-0.25, -0.2) is 9.59 Å². The highest BCUT2D eigenvalue weighted by atomic mass is 16.5. The van der Waals surface area contributed by atoms with E-state index in [0.29, 0.717) is 16.9 Å². The van der Waals surface area contributed by atoms with Crippen LogP contribution in [0.2, 0.25) is 0 Å². The summed E-state index contributed by atoms with van der Waals surface area (Å²) in [5, 5.41) is 28.1. The maximum Gasteiger partial charge on any atom is 0.342 e. The zero-order chi connectivity index (χ0) is 22.1. The average molecular weight is 406 g/mol. The molecule has 0 aliphatic rings. The summed E-state index contributed by atoms with van der Waals surface area (Å²) in [7, 11) is 1.50. The number of aromatic hydroxyl groups is 3. The van der Waals surface area contributed by atoms with Crippen molar-refractivity contribution < 1.29 is 39.1 Å². The van der Waals surface area contributed by atoms with Crippen LogP contribution in [0.1, 0.15) is 45.7 Å². The Hall–Kier alpha value is -3.42. The normalized spacial score (nSPS) is 9.83. The topological polar surface area (TPSA) is 123 Å². The summed E-state index contributed by atoms with van der Waals surface area (Å²) in [5.74, 6) is -1.05. The van der Waals surface area contributed by atoms with Crippen molar-refractivity contribution in [1.29, 1.82) is 0 Å². The third-order valence-corrected chi connectivity index (χ3v) is 3.78. The number of hydrogen-bond donors (Lipinski definition) is 3. The van der Waals surface area contributed by atoms with Gasteiger partial charge in [0.2, 0.25) is 0 Å². The smallest absolute Gasteiger partial charge is 0.342 e. The van der Waals surface area contributed by atoms with Crippen LogP contribution in [0.4, 0.5) is 0 Å². The number of carbonyl (C=O) groups is 2. The number of phenolic OH excluding ortho intramolecular Hbond substituents is 3. The largest absolute Gasteiger partial charge is 0.508 e. The zero-order valence-corrected chi connectivity index (χ0v) is 17.1. The van der Waals surface area contributed by atoms with Gasteiger partial charge in [-0.2, -0.15) is 0 Å². The van der Waals surface area contributed by atoms with Crippen LogP contribution in [0.5, 0.6) is 23.0 Å². The molecule has 0 unspecified atom stereocenters. The van der Waals surface area contributed by atoms with Crippen molar-refractivity contribution in [2.24, 2.45) is 0 Å². The molecule has 0 radical (unpaired) electrons. The van der Waals surface area contributed by atoms with Gasteiger partial charge in [0.15, 0.2) is 0 Å². The van der Waals surface area contributed by atoms with Crippen LogP contribution >= 0.6 is 0 Å². The Morgan fingerprint density at radius 3 is 1.62 bits per heavy atom. The second-order valence-electron chi connectivity index (χ2n) is 5.94. The average Bonchev–Trinajstić information content (AvgIpc) is 2.61. The van der Waals surface area contributed by atoms with Crippen LogP contribution < -0.4 is 4.74 Å². The third-order valence-electron chi connectivity index (χ3n) is 3.78. The number of esters is 2. The van der Waals surface area contributed by atoms with Gasteiger partial charge in [0.25, 0.3) is 0 Å². The molecule has 0 aliphatic heterocycles. The molecule has 0 spiro atoms. The van der Waals surface area contributed by atoms with Crippen molar-refractivity contribution in [3.05, 3.63) is 46.5 Å². The fraction of sp³-hybridized carbons (Fsp3) is 0.333. The van der Waals surface area contributed by atoms with E-state index in [-0.39, 0.29) is 41.6 Å². The van der Waals surface area contributed by atoms with Gasteiger partial charge >= 0.3 is 11.9 Å². The lowest BCUT2D eigenvalue weighted by Crippen LogP contribution is -2.07. The predicted octanol–water partition coefficient (Wildman–Crippen LogP) is 3.47. The second-order valence-corrected chi connectivity index (χ2v) is 5.94. The van der Waals surface area contributed by atoms with E-state index in [9.17, 15) is 19.8 Å². The molecule has 0 heterocycles. The van der Waals surface area contributed by atoms with E-state index in [0.717, 1.165) is 6.07 Å². The summed E-state index contributed by atoms with van der Waals surface area (Å²) in [6.45, 7) is 7.26. The highest BCUT2D eigenvalue weighted by Gasteiger charge is 2.17. The summed E-state index contributed by atoms with van der Waals surface area (Å²) < 4.78 is 14.5. The standard InChI is InChI=1S/C11H14O4.C10H12O4/c1-4-15-11(13)10-7(2)5-8(14-3)6-9(10)12;1-3-14-10(13)9-6(2)4-7(11)5-8(9)12/h5-6,12H,4H2,1-3H3;4-5,11-12H,3H2,1-2H3. The highest BCUT2D eigenvalue weighted by Crippen LogP contribution is 2.28. The Morgan fingerprint density at radius 1 is 0.793 bits per heavy atom. The van der Waals surface area contributed by atoms with Gasteiger partial charge in [0.05, 0.1) is 20.3 Å². The van der Waals surface area contributed by atoms with Crippen LogP contribution in [-0.2, 0) is 9.47 Å². The van der Waals surface area contributed by atoms with E-state index in [1.165, 1.54) is 19.2 Å². The number of methoxy groups -OCH3 is 1. The summed E-state index contributed by atoms with van der Waals surface area (Å²) in [6.07, 6.45) is 0. The van der Waals surface area contributed by atoms with Crippen LogP contribution in [0.3, 0.4) is 0 Å². The maximum atomic E-state index is 11.5. The molecule has 0 aromatic heterocycles. The molecule has 8 heteroatoms. The fourth-order valence-corrected chi connectivity index (χ4v) is 2.54. The fourth-order valence-electron chi connectivity index (χ4n) is 2.54. The Morgan fingerprint density at radius 2 is 1.24 bits per heavy atom. The van der Waals surface area contributed by atoms with Gasteiger partial charge in [-0.1, -0.05) is 0 Å². The molecular weight excluding hydrogens is 380 g/mol. The Balaban J connectivity index is 0.000000291. The molecule has 3 N–H and O–H groups in total. The summed E-state index contributed by atoms with van der Waals surface area (Å²) >= 11 is 0. The number of phenols is 3. The lowest BCUT2D eigenvalue weighted by atomic mass is 10.1. The molecule has 0 bridgehead atoms. The van der Waals surface area contributed by atoms with Crippen LogP contribution in [0.25, 0.3) is 0 Å². The maximum absolute atomic E-state index is 11.5. The van der Waals surface area contributed by atoms with E-state index < -0.39 is 11.9 Å². The first-order valence-electron chi connectivity index (χ1n) is 8.90.